The molecule has 0 radical (unpaired) electrons. The summed E-state index contributed by atoms with van der Waals surface area (Å²) in [7, 11) is 1.73. The predicted octanol–water partition coefficient (Wildman–Crippen LogP) is 2.00. The van der Waals surface area contributed by atoms with E-state index in [2.05, 4.69) is 28.7 Å². The summed E-state index contributed by atoms with van der Waals surface area (Å²) in [6.45, 7) is 8.69. The average molecular weight is 266 g/mol. The van der Waals surface area contributed by atoms with E-state index in [1.54, 1.807) is 13.2 Å². The Morgan fingerprint density at radius 3 is 2.53 bits per heavy atom. The minimum absolute atomic E-state index is 0.528. The molecule has 5 heteroatoms. The molecule has 1 rings (SSSR count). The summed E-state index contributed by atoms with van der Waals surface area (Å²) in [5.41, 5.74) is 6.70. The van der Waals surface area contributed by atoms with Gasteiger partial charge in [0.1, 0.15) is 11.6 Å². The van der Waals surface area contributed by atoms with E-state index in [9.17, 15) is 0 Å². The van der Waals surface area contributed by atoms with Crippen LogP contribution in [0.5, 0.6) is 0 Å². The number of nitrogens with two attached hydrogens (primary N) is 1. The summed E-state index contributed by atoms with van der Waals surface area (Å²) in [6.07, 6.45) is 2.23. The Morgan fingerprint density at radius 1 is 1.32 bits per heavy atom. The normalized spacial score (nSPS) is 11.5. The van der Waals surface area contributed by atoms with Gasteiger partial charge in [-0.3, -0.25) is 4.90 Å². The Labute approximate surface area is 116 Å². The van der Waals surface area contributed by atoms with Crippen LogP contribution in [0.2, 0.25) is 0 Å². The number of ether oxygens (including phenoxy) is 1. The third-order valence-electron chi connectivity index (χ3n) is 3.31. The van der Waals surface area contributed by atoms with Gasteiger partial charge in [-0.05, 0) is 19.8 Å². The zero-order chi connectivity index (χ0) is 14.3. The van der Waals surface area contributed by atoms with Crippen molar-refractivity contribution in [1.82, 2.24) is 14.9 Å². The second-order valence-electron chi connectivity index (χ2n) is 4.78. The van der Waals surface area contributed by atoms with Crippen molar-refractivity contribution >= 4 is 5.82 Å². The molecule has 0 bridgehead atoms. The first-order valence-electron chi connectivity index (χ1n) is 6.93. The van der Waals surface area contributed by atoms with Crippen molar-refractivity contribution in [1.29, 1.82) is 0 Å². The molecule has 0 spiro atoms. The monoisotopic (exact) mass is 266 g/mol. The summed E-state index contributed by atoms with van der Waals surface area (Å²) in [5.74, 6) is 1.33. The highest BCUT2D eigenvalue weighted by molar-refractivity contribution is 5.29. The van der Waals surface area contributed by atoms with Crippen molar-refractivity contribution < 1.29 is 4.74 Å². The molecule has 1 heterocycles. The Morgan fingerprint density at radius 2 is 2.00 bits per heavy atom. The summed E-state index contributed by atoms with van der Waals surface area (Å²) >= 11 is 0. The molecule has 0 aliphatic heterocycles. The van der Waals surface area contributed by atoms with Gasteiger partial charge in [-0.25, -0.2) is 9.97 Å². The predicted molar refractivity (Wildman–Crippen MR) is 77.8 cm³/mol. The number of rotatable bonds is 8. The van der Waals surface area contributed by atoms with Crippen LogP contribution in [0, 0.1) is 6.92 Å². The molecule has 0 fully saturated rings. The molecule has 0 aliphatic carbocycles. The van der Waals surface area contributed by atoms with Gasteiger partial charge in [0.25, 0.3) is 0 Å². The molecule has 1 aromatic heterocycles. The highest BCUT2D eigenvalue weighted by atomic mass is 16.5. The SMILES string of the molecule is CCC(CC)N(CCOC)Cc1nc(C)cc(N)n1. The second kappa shape index (κ2) is 8.07. The maximum atomic E-state index is 5.78. The van der Waals surface area contributed by atoms with E-state index >= 15 is 0 Å². The molecule has 19 heavy (non-hydrogen) atoms. The van der Waals surface area contributed by atoms with Gasteiger partial charge in [-0.2, -0.15) is 0 Å². The van der Waals surface area contributed by atoms with Gasteiger partial charge in [0.15, 0.2) is 0 Å². The fourth-order valence-electron chi connectivity index (χ4n) is 2.31. The topological polar surface area (TPSA) is 64.3 Å². The first-order chi connectivity index (χ1) is 9.10. The molecular formula is C14H26N4O. The molecular weight excluding hydrogens is 240 g/mol. The maximum Gasteiger partial charge on any atom is 0.144 e. The van der Waals surface area contributed by atoms with Crippen LogP contribution in [0.25, 0.3) is 0 Å². The number of hydrogen-bond donors (Lipinski definition) is 1. The quantitative estimate of drug-likeness (QED) is 0.779. The number of aryl methyl sites for hydroxylation is 1. The average Bonchev–Trinajstić information content (AvgIpc) is 2.35. The third kappa shape index (κ3) is 5.12. The first kappa shape index (κ1) is 15.9. The highest BCUT2D eigenvalue weighted by Gasteiger charge is 2.16. The number of nitrogen functional groups attached to an aromatic ring is 1. The summed E-state index contributed by atoms with van der Waals surface area (Å²) in [4.78, 5) is 11.1. The van der Waals surface area contributed by atoms with Gasteiger partial charge >= 0.3 is 0 Å². The largest absolute Gasteiger partial charge is 0.384 e. The Bertz CT molecular complexity index is 359. The summed E-state index contributed by atoms with van der Waals surface area (Å²) in [5, 5.41) is 0. The zero-order valence-corrected chi connectivity index (χ0v) is 12.5. The van der Waals surface area contributed by atoms with Gasteiger partial charge in [0, 0.05) is 31.5 Å². The number of nitrogens with zero attached hydrogens (tertiary/aromatic N) is 3. The molecule has 1 aromatic rings. The van der Waals surface area contributed by atoms with Crippen LogP contribution >= 0.6 is 0 Å². The number of methoxy groups -OCH3 is 1. The van der Waals surface area contributed by atoms with Crippen molar-refractivity contribution in [2.75, 3.05) is 26.0 Å². The Balaban J connectivity index is 2.80. The lowest BCUT2D eigenvalue weighted by Gasteiger charge is -2.29. The summed E-state index contributed by atoms with van der Waals surface area (Å²) in [6, 6.07) is 2.32. The van der Waals surface area contributed by atoms with Crippen molar-refractivity contribution in [3.05, 3.63) is 17.6 Å². The van der Waals surface area contributed by atoms with E-state index in [1.807, 2.05) is 6.92 Å². The maximum absolute atomic E-state index is 5.78. The number of anilines is 1. The fourth-order valence-corrected chi connectivity index (χ4v) is 2.31. The number of aromatic nitrogens is 2. The molecule has 0 saturated carbocycles. The van der Waals surface area contributed by atoms with E-state index in [-0.39, 0.29) is 0 Å². The minimum atomic E-state index is 0.528. The van der Waals surface area contributed by atoms with Crippen molar-refractivity contribution in [2.45, 2.75) is 46.2 Å². The zero-order valence-electron chi connectivity index (χ0n) is 12.5. The lowest BCUT2D eigenvalue weighted by Crippen LogP contribution is -2.37. The third-order valence-corrected chi connectivity index (χ3v) is 3.31. The first-order valence-corrected chi connectivity index (χ1v) is 6.93. The van der Waals surface area contributed by atoms with Crippen LogP contribution < -0.4 is 5.73 Å². The Kier molecular flexibility index (Phi) is 6.73. The van der Waals surface area contributed by atoms with E-state index in [1.165, 1.54) is 0 Å². The van der Waals surface area contributed by atoms with Crippen LogP contribution in [0.4, 0.5) is 5.82 Å². The fraction of sp³-hybridized carbons (Fsp3) is 0.714. The lowest BCUT2D eigenvalue weighted by molar-refractivity contribution is 0.108. The van der Waals surface area contributed by atoms with Crippen molar-refractivity contribution in [3.63, 3.8) is 0 Å². The molecule has 0 aliphatic rings. The van der Waals surface area contributed by atoms with E-state index < -0.39 is 0 Å². The highest BCUT2D eigenvalue weighted by Crippen LogP contribution is 2.12. The van der Waals surface area contributed by atoms with Gasteiger partial charge < -0.3 is 10.5 Å². The molecule has 5 nitrogen and oxygen atoms in total. The number of hydrogen-bond acceptors (Lipinski definition) is 5. The van der Waals surface area contributed by atoms with Crippen LogP contribution in [-0.2, 0) is 11.3 Å². The van der Waals surface area contributed by atoms with Gasteiger partial charge in [0.05, 0.1) is 13.2 Å². The smallest absolute Gasteiger partial charge is 0.144 e. The second-order valence-corrected chi connectivity index (χ2v) is 4.78. The standard InChI is InChI=1S/C14H26N4O/c1-5-12(6-2)18(7-8-19-4)10-14-16-11(3)9-13(15)17-14/h9,12H,5-8,10H2,1-4H3,(H2,15,16,17). The van der Waals surface area contributed by atoms with Crippen LogP contribution in [0.1, 0.15) is 38.2 Å². The Hall–Kier alpha value is -1.20. The molecule has 0 unspecified atom stereocenters. The molecule has 0 aromatic carbocycles. The lowest BCUT2D eigenvalue weighted by atomic mass is 10.1. The van der Waals surface area contributed by atoms with E-state index in [0.29, 0.717) is 11.9 Å². The molecule has 0 atom stereocenters. The molecule has 2 N–H and O–H groups in total. The van der Waals surface area contributed by atoms with Crippen LogP contribution in [0.3, 0.4) is 0 Å². The molecule has 108 valence electrons. The van der Waals surface area contributed by atoms with Crippen molar-refractivity contribution in [3.8, 4) is 0 Å². The minimum Gasteiger partial charge on any atom is -0.384 e. The van der Waals surface area contributed by atoms with Crippen LogP contribution in [-0.4, -0.2) is 41.2 Å². The van der Waals surface area contributed by atoms with E-state index in [4.69, 9.17) is 10.5 Å². The van der Waals surface area contributed by atoms with Crippen LogP contribution in [0.15, 0.2) is 6.07 Å². The molecule has 0 saturated heterocycles. The summed E-state index contributed by atoms with van der Waals surface area (Å²) < 4.78 is 5.19. The van der Waals surface area contributed by atoms with Crippen molar-refractivity contribution in [2.24, 2.45) is 0 Å². The van der Waals surface area contributed by atoms with Gasteiger partial charge in [0.2, 0.25) is 0 Å². The van der Waals surface area contributed by atoms with Gasteiger partial charge in [-0.15, -0.1) is 0 Å². The van der Waals surface area contributed by atoms with E-state index in [0.717, 1.165) is 44.1 Å². The van der Waals surface area contributed by atoms with Gasteiger partial charge in [-0.1, -0.05) is 13.8 Å². The molecule has 0 amide bonds.